The summed E-state index contributed by atoms with van der Waals surface area (Å²) in [5, 5.41) is 26.5. The van der Waals surface area contributed by atoms with E-state index < -0.39 is 15.7 Å². The molecule has 0 aromatic heterocycles. The monoisotopic (exact) mass is 586 g/mol. The van der Waals surface area contributed by atoms with Crippen molar-refractivity contribution in [3.63, 3.8) is 0 Å². The Balaban J connectivity index is -0.000000532. The summed E-state index contributed by atoms with van der Waals surface area (Å²) in [7, 11) is 2.34. The van der Waals surface area contributed by atoms with Crippen molar-refractivity contribution in [1.82, 2.24) is 20.9 Å². The largest absolute Gasteiger partial charge is 0.444 e. The highest BCUT2D eigenvalue weighted by molar-refractivity contribution is 7.85. The molecular weight excluding hydrogens is 524 g/mol. The summed E-state index contributed by atoms with van der Waals surface area (Å²) in [5.74, 6) is 0. The van der Waals surface area contributed by atoms with E-state index in [0.29, 0.717) is 32.2 Å². The Labute approximate surface area is 239 Å². The van der Waals surface area contributed by atoms with Crippen molar-refractivity contribution < 1.29 is 32.3 Å². The van der Waals surface area contributed by atoms with Crippen LogP contribution in [0.25, 0.3) is 0 Å². The van der Waals surface area contributed by atoms with Crippen LogP contribution < -0.4 is 16.0 Å². The fourth-order valence-electron chi connectivity index (χ4n) is 2.79. The van der Waals surface area contributed by atoms with Gasteiger partial charge in [0.05, 0.1) is 12.9 Å². The number of rotatable bonds is 18. The van der Waals surface area contributed by atoms with E-state index in [0.717, 1.165) is 19.1 Å². The first kappa shape index (κ1) is 42.4. The third-order valence-corrected chi connectivity index (χ3v) is 6.10. The van der Waals surface area contributed by atoms with Crippen LogP contribution in [0.2, 0.25) is 0 Å². The van der Waals surface area contributed by atoms with Crippen molar-refractivity contribution in [3.05, 3.63) is 0 Å². The summed E-state index contributed by atoms with van der Waals surface area (Å²) in [6.45, 7) is 13.6. The topological polar surface area (TPSA) is 149 Å². The Kier molecular flexibility index (Phi) is 28.2. The van der Waals surface area contributed by atoms with Crippen LogP contribution >= 0.6 is 0 Å². The average Bonchev–Trinajstić information content (AvgIpc) is 2.85. The molecule has 0 aromatic carbocycles. The van der Waals surface area contributed by atoms with E-state index in [1.54, 1.807) is 11.9 Å². The normalized spacial score (nSPS) is 13.7. The Bertz CT molecular complexity index is 661. The van der Waals surface area contributed by atoms with Crippen LogP contribution in [0.5, 0.6) is 0 Å². The third-order valence-electron chi connectivity index (χ3n) is 5.54. The van der Waals surface area contributed by atoms with Crippen LogP contribution in [0.15, 0.2) is 0 Å². The lowest BCUT2D eigenvalue weighted by Crippen LogP contribution is -2.44. The van der Waals surface area contributed by atoms with Gasteiger partial charge in [-0.05, 0) is 88.4 Å². The minimum atomic E-state index is -3.27. The predicted octanol–water partition coefficient (Wildman–Crippen LogP) is 2.71. The minimum Gasteiger partial charge on any atom is -0.444 e. The summed E-state index contributed by atoms with van der Waals surface area (Å²) in [6.07, 6.45) is 8.16. The van der Waals surface area contributed by atoms with E-state index in [1.807, 2.05) is 48.7 Å². The highest BCUT2D eigenvalue weighted by Gasteiger charge is 2.22. The first-order chi connectivity index (χ1) is 18.1. The number of carbonyl (C=O) groups excluding carboxylic acids is 1. The van der Waals surface area contributed by atoms with E-state index in [9.17, 15) is 13.2 Å². The maximum Gasteiger partial charge on any atom is 0.410 e. The number of nitrogens with zero attached hydrogens (tertiary/aromatic N) is 1. The van der Waals surface area contributed by atoms with E-state index in [-0.39, 0.29) is 31.4 Å². The summed E-state index contributed by atoms with van der Waals surface area (Å²) in [5.41, 5.74) is -0.477. The Hall–Kier alpha value is -1.02. The molecule has 0 rings (SSSR count). The first-order valence-electron chi connectivity index (χ1n) is 14.1. The molecule has 0 aromatic rings. The molecule has 0 aliphatic carbocycles. The van der Waals surface area contributed by atoms with Gasteiger partial charge < -0.3 is 35.8 Å². The fourth-order valence-corrected chi connectivity index (χ4v) is 3.24. The van der Waals surface area contributed by atoms with Crippen molar-refractivity contribution in [2.24, 2.45) is 0 Å². The molecule has 3 atom stereocenters. The molecule has 0 unspecified atom stereocenters. The van der Waals surface area contributed by atoms with Gasteiger partial charge in [0, 0.05) is 44.4 Å². The molecule has 39 heavy (non-hydrogen) atoms. The zero-order valence-corrected chi connectivity index (χ0v) is 27.3. The van der Waals surface area contributed by atoms with Crippen LogP contribution in [0, 0.1) is 0 Å². The molecule has 5 N–H and O–H groups in total. The van der Waals surface area contributed by atoms with Crippen LogP contribution in [0.4, 0.5) is 4.79 Å². The number of hydrogen-bond acceptors (Lipinski definition) is 10. The molecule has 1 amide bonds. The van der Waals surface area contributed by atoms with Gasteiger partial charge in [0.2, 0.25) is 0 Å². The van der Waals surface area contributed by atoms with Gasteiger partial charge in [0.15, 0.2) is 0 Å². The number of aliphatic hydroxyl groups excluding tert-OH is 2. The molecule has 11 nitrogen and oxygen atoms in total. The second-order valence-electron chi connectivity index (χ2n) is 10.8. The number of ether oxygens (including phenoxy) is 1. The van der Waals surface area contributed by atoms with Crippen LogP contribution in [-0.4, -0.2) is 114 Å². The lowest BCUT2D eigenvalue weighted by atomic mass is 10.1. The van der Waals surface area contributed by atoms with Crippen LogP contribution in [0.3, 0.4) is 0 Å². The van der Waals surface area contributed by atoms with E-state index in [1.165, 1.54) is 25.7 Å². The molecule has 0 radical (unpaired) electrons. The van der Waals surface area contributed by atoms with Gasteiger partial charge >= 0.3 is 6.09 Å². The Morgan fingerprint density at radius 2 is 1.31 bits per heavy atom. The summed E-state index contributed by atoms with van der Waals surface area (Å²) in [6, 6.07) is 0.922. The van der Waals surface area contributed by atoms with Gasteiger partial charge in [-0.3, -0.25) is 4.18 Å². The van der Waals surface area contributed by atoms with Crippen molar-refractivity contribution in [3.8, 4) is 0 Å². The quantitative estimate of drug-likeness (QED) is 0.120. The lowest BCUT2D eigenvalue weighted by Gasteiger charge is -2.29. The van der Waals surface area contributed by atoms with Crippen molar-refractivity contribution in [1.29, 1.82) is 0 Å². The van der Waals surface area contributed by atoms with E-state index >= 15 is 0 Å². The standard InChI is InChI=1S/C13H28N2O3.C9H21NO.C5H13NO3S/c1-11(14-5)10-15(8-6-7-9-16)12(17)18-13(2,3)4;1-9(10-2)7-5-3-4-6-8-11;1-5(6-2)4-9-10(3,7)8/h11,14,16H,6-10H2,1-5H3;9-11H,3-8H2,1-2H3;5-6H,4H2,1-3H3/t11-;9-;5-/m111/s1. The van der Waals surface area contributed by atoms with E-state index in [4.69, 9.17) is 14.9 Å². The number of likely N-dealkylation sites (N-methyl/N-ethyl adjacent to an activating group) is 2. The summed E-state index contributed by atoms with van der Waals surface area (Å²) < 4.78 is 30.7. The van der Waals surface area contributed by atoms with Gasteiger partial charge in [-0.15, -0.1) is 0 Å². The maximum absolute atomic E-state index is 12.0. The van der Waals surface area contributed by atoms with Gasteiger partial charge in [0.1, 0.15) is 5.60 Å². The third kappa shape index (κ3) is 35.0. The van der Waals surface area contributed by atoms with Gasteiger partial charge in [-0.25, -0.2) is 4.79 Å². The second kappa shape index (κ2) is 25.9. The maximum atomic E-state index is 12.0. The highest BCUT2D eigenvalue weighted by atomic mass is 32.2. The molecule has 0 aliphatic heterocycles. The SMILES string of the molecule is CN[C@H](C)CCCCCCO.CN[C@H](C)CN(CCCCO)C(=O)OC(C)(C)C.CN[C@H](C)COS(C)(=O)=O. The number of nitrogens with one attached hydrogen (secondary N) is 3. The molecule has 0 saturated carbocycles. The number of unbranched alkanes of at least 4 members (excludes halogenated alkanes) is 4. The number of aliphatic hydroxyl groups is 2. The number of amides is 1. The zero-order chi connectivity index (χ0) is 30.9. The molecule has 0 aliphatic rings. The highest BCUT2D eigenvalue weighted by Crippen LogP contribution is 2.11. The zero-order valence-electron chi connectivity index (χ0n) is 26.5. The van der Waals surface area contributed by atoms with Gasteiger partial charge in [0.25, 0.3) is 10.1 Å². The van der Waals surface area contributed by atoms with Crippen molar-refractivity contribution in [2.75, 3.05) is 60.3 Å². The van der Waals surface area contributed by atoms with Crippen molar-refractivity contribution >= 4 is 16.2 Å². The predicted molar refractivity (Wildman–Crippen MR) is 161 cm³/mol. The molecule has 0 saturated heterocycles. The average molecular weight is 587 g/mol. The fraction of sp³-hybridized carbons (Fsp3) is 0.963. The molecule has 0 heterocycles. The first-order valence-corrected chi connectivity index (χ1v) is 15.9. The molecule has 238 valence electrons. The molecular formula is C27H62N4O7S. The lowest BCUT2D eigenvalue weighted by molar-refractivity contribution is 0.0231. The molecule has 0 spiro atoms. The molecule has 12 heteroatoms. The van der Waals surface area contributed by atoms with Gasteiger partial charge in [-0.2, -0.15) is 8.42 Å². The molecule has 0 bridgehead atoms. The Morgan fingerprint density at radius 1 is 0.821 bits per heavy atom. The summed E-state index contributed by atoms with van der Waals surface area (Å²) in [4.78, 5) is 13.7. The van der Waals surface area contributed by atoms with Gasteiger partial charge in [-0.1, -0.05) is 19.3 Å². The van der Waals surface area contributed by atoms with E-state index in [2.05, 4.69) is 27.1 Å². The number of carbonyl (C=O) groups is 1. The van der Waals surface area contributed by atoms with Crippen LogP contribution in [0.1, 0.15) is 86.5 Å². The van der Waals surface area contributed by atoms with Crippen LogP contribution in [-0.2, 0) is 19.0 Å². The number of hydrogen-bond donors (Lipinski definition) is 5. The van der Waals surface area contributed by atoms with Crippen molar-refractivity contribution in [2.45, 2.75) is 110 Å². The summed E-state index contributed by atoms with van der Waals surface area (Å²) >= 11 is 0. The minimum absolute atomic E-state index is 0.0646. The second-order valence-corrected chi connectivity index (χ2v) is 12.5. The Morgan fingerprint density at radius 3 is 1.74 bits per heavy atom. The smallest absolute Gasteiger partial charge is 0.410 e. The molecule has 0 fully saturated rings.